The minimum atomic E-state index is -0.162. The monoisotopic (exact) mass is 379 g/mol. The third-order valence-electron chi connectivity index (χ3n) is 4.53. The molecule has 0 unspecified atom stereocenters. The van der Waals surface area contributed by atoms with Crippen LogP contribution in [0.1, 0.15) is 16.1 Å². The minimum Gasteiger partial charge on any atom is -0.495 e. The van der Waals surface area contributed by atoms with Crippen LogP contribution in [0.5, 0.6) is 5.75 Å². The molecule has 136 valence electrons. The molecule has 4 rings (SSSR count). The van der Waals surface area contributed by atoms with Gasteiger partial charge in [0.1, 0.15) is 16.6 Å². The summed E-state index contributed by atoms with van der Waals surface area (Å²) in [7, 11) is 1.61. The molecule has 0 radical (unpaired) electrons. The SMILES string of the molecule is COc1ccccc1Nc1cc(Cl)nc(C(=O)N2CCc3ccccc32)c1. The fourth-order valence-corrected chi connectivity index (χ4v) is 3.48. The number of hydrogen-bond donors (Lipinski definition) is 1. The number of carbonyl (C=O) groups excluding carboxylic acids is 1. The number of ether oxygens (including phenoxy) is 1. The molecule has 0 atom stereocenters. The van der Waals surface area contributed by atoms with Gasteiger partial charge in [-0.15, -0.1) is 0 Å². The van der Waals surface area contributed by atoms with E-state index in [4.69, 9.17) is 16.3 Å². The molecule has 0 saturated carbocycles. The van der Waals surface area contributed by atoms with Gasteiger partial charge in [0.2, 0.25) is 0 Å². The standard InChI is InChI=1S/C21H18ClN3O2/c1-27-19-9-5-3-7-16(19)23-15-12-17(24-20(22)13-15)21(26)25-11-10-14-6-2-4-8-18(14)25/h2-9,12-13H,10-11H2,1H3,(H,23,24). The van der Waals surface area contributed by atoms with Crippen LogP contribution in [0.25, 0.3) is 0 Å². The number of fused-ring (bicyclic) bond motifs is 1. The van der Waals surface area contributed by atoms with E-state index in [2.05, 4.69) is 10.3 Å². The smallest absolute Gasteiger partial charge is 0.277 e. The summed E-state index contributed by atoms with van der Waals surface area (Å²) in [5, 5.41) is 3.50. The van der Waals surface area contributed by atoms with E-state index in [1.165, 1.54) is 5.56 Å². The molecule has 0 aliphatic carbocycles. The number of aromatic nitrogens is 1. The lowest BCUT2D eigenvalue weighted by atomic mass is 10.2. The van der Waals surface area contributed by atoms with E-state index >= 15 is 0 Å². The van der Waals surface area contributed by atoms with Crippen LogP contribution in [0.2, 0.25) is 5.15 Å². The largest absolute Gasteiger partial charge is 0.495 e. The van der Waals surface area contributed by atoms with Gasteiger partial charge in [-0.2, -0.15) is 0 Å². The number of hydrogen-bond acceptors (Lipinski definition) is 4. The molecule has 2 heterocycles. The lowest BCUT2D eigenvalue weighted by molar-refractivity contribution is 0.0984. The zero-order valence-corrected chi connectivity index (χ0v) is 15.5. The highest BCUT2D eigenvalue weighted by Gasteiger charge is 2.26. The number of nitrogens with one attached hydrogen (secondary N) is 1. The fourth-order valence-electron chi connectivity index (χ4n) is 3.27. The van der Waals surface area contributed by atoms with Crippen LogP contribution < -0.4 is 15.0 Å². The number of rotatable bonds is 4. The summed E-state index contributed by atoms with van der Waals surface area (Å²) in [4.78, 5) is 19.0. The first-order chi connectivity index (χ1) is 13.2. The molecule has 27 heavy (non-hydrogen) atoms. The average molecular weight is 380 g/mol. The quantitative estimate of drug-likeness (QED) is 0.668. The third-order valence-corrected chi connectivity index (χ3v) is 4.73. The van der Waals surface area contributed by atoms with E-state index < -0.39 is 0 Å². The number of pyridine rings is 1. The van der Waals surface area contributed by atoms with Crippen molar-refractivity contribution in [2.24, 2.45) is 0 Å². The Balaban J connectivity index is 1.64. The molecule has 0 spiro atoms. The Bertz CT molecular complexity index is 1010. The summed E-state index contributed by atoms with van der Waals surface area (Å²) < 4.78 is 5.36. The summed E-state index contributed by atoms with van der Waals surface area (Å²) in [6, 6.07) is 18.9. The first-order valence-corrected chi connectivity index (χ1v) is 9.01. The number of para-hydroxylation sites is 3. The van der Waals surface area contributed by atoms with Crippen molar-refractivity contribution in [2.45, 2.75) is 6.42 Å². The number of benzene rings is 2. The van der Waals surface area contributed by atoms with Crippen LogP contribution >= 0.6 is 11.6 Å². The molecule has 0 fully saturated rings. The zero-order valence-electron chi connectivity index (χ0n) is 14.8. The number of amides is 1. The molecule has 1 aromatic heterocycles. The molecule has 1 aliphatic rings. The van der Waals surface area contributed by atoms with Gasteiger partial charge < -0.3 is 15.0 Å². The second kappa shape index (κ2) is 7.29. The highest BCUT2D eigenvalue weighted by atomic mass is 35.5. The molecule has 2 aromatic carbocycles. The molecule has 1 N–H and O–H groups in total. The normalized spacial score (nSPS) is 12.6. The molecule has 5 nitrogen and oxygen atoms in total. The molecule has 0 saturated heterocycles. The lowest BCUT2D eigenvalue weighted by Gasteiger charge is -2.18. The van der Waals surface area contributed by atoms with Gasteiger partial charge in [0.05, 0.1) is 12.8 Å². The van der Waals surface area contributed by atoms with E-state index in [1.54, 1.807) is 24.1 Å². The maximum Gasteiger partial charge on any atom is 0.277 e. The lowest BCUT2D eigenvalue weighted by Crippen LogP contribution is -2.29. The Kier molecular flexibility index (Phi) is 4.69. The van der Waals surface area contributed by atoms with Gasteiger partial charge in [-0.1, -0.05) is 41.9 Å². The van der Waals surface area contributed by atoms with E-state index in [0.29, 0.717) is 23.7 Å². The van der Waals surface area contributed by atoms with E-state index in [9.17, 15) is 4.79 Å². The van der Waals surface area contributed by atoms with Gasteiger partial charge >= 0.3 is 0 Å². The first kappa shape index (κ1) is 17.4. The van der Waals surface area contributed by atoms with Crippen molar-refractivity contribution in [1.29, 1.82) is 0 Å². The van der Waals surface area contributed by atoms with E-state index in [0.717, 1.165) is 17.8 Å². The maximum atomic E-state index is 13.0. The molecular formula is C21H18ClN3O2. The fraction of sp³-hybridized carbons (Fsp3) is 0.143. The average Bonchev–Trinajstić information content (AvgIpc) is 3.11. The molecule has 1 amide bonds. The summed E-state index contributed by atoms with van der Waals surface area (Å²) in [6.45, 7) is 0.641. The van der Waals surface area contributed by atoms with E-state index in [1.807, 2.05) is 48.5 Å². The van der Waals surface area contributed by atoms with Crippen LogP contribution in [0.15, 0.2) is 60.7 Å². The number of anilines is 3. The first-order valence-electron chi connectivity index (χ1n) is 8.63. The van der Waals surface area contributed by atoms with Crippen molar-refractivity contribution in [1.82, 2.24) is 4.98 Å². The van der Waals surface area contributed by atoms with Crippen LogP contribution in [0.3, 0.4) is 0 Å². The molecule has 6 heteroatoms. The van der Waals surface area contributed by atoms with Gasteiger partial charge in [-0.05, 0) is 42.3 Å². The Morgan fingerprint density at radius 1 is 1.15 bits per heavy atom. The number of carbonyl (C=O) groups is 1. The summed E-state index contributed by atoms with van der Waals surface area (Å²) in [5.74, 6) is 0.539. The maximum absolute atomic E-state index is 13.0. The second-order valence-electron chi connectivity index (χ2n) is 6.22. The summed E-state index contributed by atoms with van der Waals surface area (Å²) in [6.07, 6.45) is 0.842. The van der Waals surface area contributed by atoms with Gasteiger partial charge in [0.15, 0.2) is 0 Å². The van der Waals surface area contributed by atoms with E-state index in [-0.39, 0.29) is 11.1 Å². The predicted octanol–water partition coefficient (Wildman–Crippen LogP) is 4.69. The third kappa shape index (κ3) is 3.46. The van der Waals surface area contributed by atoms with Crippen LogP contribution in [0, 0.1) is 0 Å². The van der Waals surface area contributed by atoms with Gasteiger partial charge in [-0.25, -0.2) is 4.98 Å². The number of halogens is 1. The highest BCUT2D eigenvalue weighted by molar-refractivity contribution is 6.30. The van der Waals surface area contributed by atoms with Crippen molar-refractivity contribution in [3.63, 3.8) is 0 Å². The van der Waals surface area contributed by atoms with Crippen LogP contribution in [-0.2, 0) is 6.42 Å². The van der Waals surface area contributed by atoms with Crippen molar-refractivity contribution < 1.29 is 9.53 Å². The summed E-state index contributed by atoms with van der Waals surface area (Å²) >= 11 is 6.19. The molecule has 0 bridgehead atoms. The van der Waals surface area contributed by atoms with Gasteiger partial charge in [0, 0.05) is 17.9 Å². The topological polar surface area (TPSA) is 54.5 Å². The highest BCUT2D eigenvalue weighted by Crippen LogP contribution is 2.31. The number of nitrogens with zero attached hydrogens (tertiary/aromatic N) is 2. The van der Waals surface area contributed by atoms with Crippen molar-refractivity contribution >= 4 is 34.6 Å². The van der Waals surface area contributed by atoms with Crippen molar-refractivity contribution in [2.75, 3.05) is 23.9 Å². The van der Waals surface area contributed by atoms with Crippen molar-refractivity contribution in [3.8, 4) is 5.75 Å². The predicted molar refractivity (Wildman–Crippen MR) is 107 cm³/mol. The molecular weight excluding hydrogens is 362 g/mol. The van der Waals surface area contributed by atoms with Gasteiger partial charge in [-0.3, -0.25) is 4.79 Å². The van der Waals surface area contributed by atoms with Crippen LogP contribution in [-0.4, -0.2) is 24.5 Å². The van der Waals surface area contributed by atoms with Crippen LogP contribution in [0.4, 0.5) is 17.1 Å². The number of methoxy groups -OCH3 is 1. The molecule has 1 aliphatic heterocycles. The van der Waals surface area contributed by atoms with Gasteiger partial charge in [0.25, 0.3) is 5.91 Å². The Morgan fingerprint density at radius 2 is 1.93 bits per heavy atom. The second-order valence-corrected chi connectivity index (χ2v) is 6.61. The Hall–Kier alpha value is -3.05. The molecule has 3 aromatic rings. The zero-order chi connectivity index (χ0) is 18.8. The summed E-state index contributed by atoms with van der Waals surface area (Å²) in [5.41, 5.74) is 3.86. The Morgan fingerprint density at radius 3 is 2.78 bits per heavy atom. The Labute approximate surface area is 162 Å². The minimum absolute atomic E-state index is 0.162. The van der Waals surface area contributed by atoms with Crippen molar-refractivity contribution in [3.05, 3.63) is 77.1 Å².